The molecule has 28 heavy (non-hydrogen) atoms. The monoisotopic (exact) mass is 381 g/mol. The maximum atomic E-state index is 12.6. The Kier molecular flexibility index (Phi) is 7.61. The lowest BCUT2D eigenvalue weighted by molar-refractivity contribution is -0.120. The van der Waals surface area contributed by atoms with Crippen LogP contribution in [0, 0.1) is 0 Å². The van der Waals surface area contributed by atoms with E-state index in [9.17, 15) is 9.59 Å². The van der Waals surface area contributed by atoms with Gasteiger partial charge in [-0.05, 0) is 55.7 Å². The summed E-state index contributed by atoms with van der Waals surface area (Å²) in [6.45, 7) is 11.7. The van der Waals surface area contributed by atoms with E-state index in [1.807, 2.05) is 48.5 Å². The fraction of sp³-hybridized carbons (Fsp3) is 0.391. The molecule has 0 aromatic heterocycles. The Hall–Kier alpha value is -2.82. The van der Waals surface area contributed by atoms with E-state index in [1.165, 1.54) is 11.8 Å². The standard InChI is InChI=1S/C23H31N3O2/c1-6-25(7-2)20-14-12-19(13-15-20)24-23(28)16-26(18(5)27)22-11-9-8-10-21(22)17(3)4/h8-15,17H,6-7,16H2,1-5H3,(H,24,28). The van der Waals surface area contributed by atoms with E-state index in [0.29, 0.717) is 0 Å². The fourth-order valence-corrected chi connectivity index (χ4v) is 3.28. The SMILES string of the molecule is CCN(CC)c1ccc(NC(=O)CN(C(C)=O)c2ccccc2C(C)C)cc1. The van der Waals surface area contributed by atoms with Gasteiger partial charge in [-0.3, -0.25) is 9.59 Å². The average molecular weight is 382 g/mol. The smallest absolute Gasteiger partial charge is 0.244 e. The van der Waals surface area contributed by atoms with Gasteiger partial charge in [-0.25, -0.2) is 0 Å². The Bertz CT molecular complexity index is 796. The minimum atomic E-state index is -0.218. The van der Waals surface area contributed by atoms with Crippen molar-refractivity contribution < 1.29 is 9.59 Å². The topological polar surface area (TPSA) is 52.7 Å². The first-order valence-electron chi connectivity index (χ1n) is 9.89. The van der Waals surface area contributed by atoms with Crippen LogP contribution in [0.2, 0.25) is 0 Å². The summed E-state index contributed by atoms with van der Waals surface area (Å²) in [5.74, 6) is -0.113. The molecule has 150 valence electrons. The Morgan fingerprint density at radius 2 is 1.57 bits per heavy atom. The Morgan fingerprint density at radius 3 is 2.11 bits per heavy atom. The molecule has 0 aliphatic heterocycles. The number of amides is 2. The van der Waals surface area contributed by atoms with E-state index in [2.05, 4.69) is 37.9 Å². The van der Waals surface area contributed by atoms with Gasteiger partial charge in [-0.1, -0.05) is 32.0 Å². The van der Waals surface area contributed by atoms with Crippen LogP contribution in [-0.2, 0) is 9.59 Å². The molecule has 0 aliphatic carbocycles. The van der Waals surface area contributed by atoms with Crippen LogP contribution in [0.15, 0.2) is 48.5 Å². The number of rotatable bonds is 8. The number of nitrogens with zero attached hydrogens (tertiary/aromatic N) is 2. The van der Waals surface area contributed by atoms with Gasteiger partial charge in [-0.15, -0.1) is 0 Å². The molecule has 0 radical (unpaired) electrons. The first-order valence-corrected chi connectivity index (χ1v) is 9.89. The summed E-state index contributed by atoms with van der Waals surface area (Å²) in [4.78, 5) is 28.6. The maximum absolute atomic E-state index is 12.6. The van der Waals surface area contributed by atoms with Crippen molar-refractivity contribution in [2.24, 2.45) is 0 Å². The van der Waals surface area contributed by atoms with Crippen molar-refractivity contribution in [3.63, 3.8) is 0 Å². The summed E-state index contributed by atoms with van der Waals surface area (Å²) in [6.07, 6.45) is 0. The van der Waals surface area contributed by atoms with Crippen molar-refractivity contribution in [2.75, 3.05) is 34.8 Å². The molecular weight excluding hydrogens is 350 g/mol. The number of hydrogen-bond donors (Lipinski definition) is 1. The lowest BCUT2D eigenvalue weighted by Gasteiger charge is -2.25. The zero-order chi connectivity index (χ0) is 20.7. The summed E-state index contributed by atoms with van der Waals surface area (Å²) in [6, 6.07) is 15.5. The number of nitrogens with one attached hydrogen (secondary N) is 1. The molecule has 2 rings (SSSR count). The van der Waals surface area contributed by atoms with Crippen molar-refractivity contribution in [3.05, 3.63) is 54.1 Å². The van der Waals surface area contributed by atoms with Gasteiger partial charge in [-0.2, -0.15) is 0 Å². The van der Waals surface area contributed by atoms with Crippen LogP contribution in [0.25, 0.3) is 0 Å². The molecule has 0 saturated carbocycles. The molecule has 0 atom stereocenters. The van der Waals surface area contributed by atoms with Gasteiger partial charge < -0.3 is 15.1 Å². The van der Waals surface area contributed by atoms with E-state index >= 15 is 0 Å². The molecule has 0 fully saturated rings. The van der Waals surface area contributed by atoms with Gasteiger partial charge in [0.25, 0.3) is 0 Å². The van der Waals surface area contributed by atoms with E-state index in [-0.39, 0.29) is 24.3 Å². The molecule has 0 unspecified atom stereocenters. The predicted octanol–water partition coefficient (Wildman–Crippen LogP) is 4.65. The third kappa shape index (κ3) is 5.35. The van der Waals surface area contributed by atoms with Gasteiger partial charge in [0.1, 0.15) is 6.54 Å². The zero-order valence-corrected chi connectivity index (χ0v) is 17.5. The predicted molar refractivity (Wildman–Crippen MR) is 117 cm³/mol. The van der Waals surface area contributed by atoms with Crippen LogP contribution in [-0.4, -0.2) is 31.4 Å². The molecule has 0 aliphatic rings. The van der Waals surface area contributed by atoms with Crippen molar-refractivity contribution in [2.45, 2.75) is 40.5 Å². The number of hydrogen-bond acceptors (Lipinski definition) is 3. The normalized spacial score (nSPS) is 10.6. The first kappa shape index (κ1) is 21.5. The van der Waals surface area contributed by atoms with Gasteiger partial charge in [0, 0.05) is 37.1 Å². The van der Waals surface area contributed by atoms with Crippen LogP contribution in [0.5, 0.6) is 0 Å². The van der Waals surface area contributed by atoms with Crippen molar-refractivity contribution >= 4 is 28.9 Å². The third-order valence-corrected chi connectivity index (χ3v) is 4.81. The molecule has 0 heterocycles. The van der Waals surface area contributed by atoms with E-state index in [4.69, 9.17) is 0 Å². The highest BCUT2D eigenvalue weighted by Crippen LogP contribution is 2.27. The highest BCUT2D eigenvalue weighted by Gasteiger charge is 2.19. The molecule has 2 aromatic rings. The summed E-state index contributed by atoms with van der Waals surface area (Å²) >= 11 is 0. The lowest BCUT2D eigenvalue weighted by Crippen LogP contribution is -2.37. The minimum absolute atomic E-state index is 0.0170. The number of para-hydroxylation sites is 1. The maximum Gasteiger partial charge on any atom is 0.244 e. The fourth-order valence-electron chi connectivity index (χ4n) is 3.28. The zero-order valence-electron chi connectivity index (χ0n) is 17.5. The number of benzene rings is 2. The van der Waals surface area contributed by atoms with Crippen molar-refractivity contribution in [1.82, 2.24) is 0 Å². The molecule has 0 saturated heterocycles. The summed E-state index contributed by atoms with van der Waals surface area (Å²) < 4.78 is 0. The molecule has 1 N–H and O–H groups in total. The molecule has 0 spiro atoms. The molecule has 5 nitrogen and oxygen atoms in total. The van der Waals surface area contributed by atoms with Gasteiger partial charge in [0.15, 0.2) is 0 Å². The van der Waals surface area contributed by atoms with E-state index in [1.54, 1.807) is 0 Å². The summed E-state index contributed by atoms with van der Waals surface area (Å²) in [7, 11) is 0. The largest absolute Gasteiger partial charge is 0.372 e. The minimum Gasteiger partial charge on any atom is -0.372 e. The van der Waals surface area contributed by atoms with Crippen molar-refractivity contribution in [1.29, 1.82) is 0 Å². The highest BCUT2D eigenvalue weighted by molar-refractivity contribution is 6.02. The van der Waals surface area contributed by atoms with Crippen LogP contribution < -0.4 is 15.1 Å². The molecule has 0 bridgehead atoms. The second kappa shape index (κ2) is 9.93. The molecule has 5 heteroatoms. The Morgan fingerprint density at radius 1 is 0.964 bits per heavy atom. The first-order chi connectivity index (χ1) is 13.4. The van der Waals surface area contributed by atoms with E-state index < -0.39 is 0 Å². The third-order valence-electron chi connectivity index (χ3n) is 4.81. The molecule has 2 aromatic carbocycles. The van der Waals surface area contributed by atoms with Crippen LogP contribution in [0.4, 0.5) is 17.1 Å². The number of carbonyl (C=O) groups is 2. The van der Waals surface area contributed by atoms with Gasteiger partial charge in [0.05, 0.1) is 0 Å². The lowest BCUT2D eigenvalue weighted by atomic mass is 10.0. The second-order valence-corrected chi connectivity index (χ2v) is 7.09. The van der Waals surface area contributed by atoms with E-state index in [0.717, 1.165) is 35.7 Å². The Labute approximate surface area is 168 Å². The molecular formula is C23H31N3O2. The van der Waals surface area contributed by atoms with Gasteiger partial charge in [0.2, 0.25) is 11.8 Å². The van der Waals surface area contributed by atoms with Crippen LogP contribution in [0.1, 0.15) is 46.1 Å². The number of anilines is 3. The number of carbonyl (C=O) groups excluding carboxylic acids is 2. The average Bonchev–Trinajstić information content (AvgIpc) is 2.68. The Balaban J connectivity index is 2.13. The second-order valence-electron chi connectivity index (χ2n) is 7.09. The highest BCUT2D eigenvalue weighted by atomic mass is 16.2. The van der Waals surface area contributed by atoms with Crippen LogP contribution >= 0.6 is 0 Å². The molecule has 2 amide bonds. The quantitative estimate of drug-likeness (QED) is 0.724. The van der Waals surface area contributed by atoms with Crippen molar-refractivity contribution in [3.8, 4) is 0 Å². The van der Waals surface area contributed by atoms with Gasteiger partial charge >= 0.3 is 0 Å². The summed E-state index contributed by atoms with van der Waals surface area (Å²) in [5.41, 5.74) is 3.69. The summed E-state index contributed by atoms with van der Waals surface area (Å²) in [5, 5.41) is 2.90. The van der Waals surface area contributed by atoms with Crippen LogP contribution in [0.3, 0.4) is 0 Å².